The van der Waals surface area contributed by atoms with E-state index in [0.29, 0.717) is 0 Å². The van der Waals surface area contributed by atoms with Gasteiger partial charge in [0.05, 0.1) is 20.9 Å². The van der Waals surface area contributed by atoms with E-state index in [-0.39, 0.29) is 0 Å². The first-order valence-corrected chi connectivity index (χ1v) is 7.35. The third-order valence-corrected chi connectivity index (χ3v) is 4.29. The molecule has 0 spiro atoms. The monoisotopic (exact) mass is 284 g/mol. The van der Waals surface area contributed by atoms with Crippen molar-refractivity contribution in [3.8, 4) is 0 Å². The predicted octanol–water partition coefficient (Wildman–Crippen LogP) is 3.34. The Morgan fingerprint density at radius 1 is 1.10 bits per heavy atom. The smallest absolute Gasteiger partial charge is 0.132 e. The lowest BCUT2D eigenvalue weighted by Gasteiger charge is -2.09. The minimum Gasteiger partial charge on any atom is -0.373 e. The number of nitrogens with one attached hydrogen (secondary N) is 1. The number of fused-ring (bicyclic) bond motifs is 1. The minimum absolute atomic E-state index is 0.753. The zero-order valence-electron chi connectivity index (χ0n) is 11.8. The van der Waals surface area contributed by atoms with Gasteiger partial charge in [-0.05, 0) is 26.0 Å². The van der Waals surface area contributed by atoms with Gasteiger partial charge < -0.3 is 5.32 Å². The molecule has 3 rings (SSSR count). The van der Waals surface area contributed by atoms with E-state index in [2.05, 4.69) is 26.3 Å². The molecule has 0 aliphatic heterocycles. The van der Waals surface area contributed by atoms with Crippen LogP contribution in [-0.4, -0.2) is 22.0 Å². The van der Waals surface area contributed by atoms with Gasteiger partial charge in [-0.15, -0.1) is 11.3 Å². The zero-order chi connectivity index (χ0) is 14.1. The average Bonchev–Trinajstić information content (AvgIpc) is 2.84. The summed E-state index contributed by atoms with van der Waals surface area (Å²) in [6.45, 7) is 3.97. The number of benzene rings is 1. The maximum absolute atomic E-state index is 4.67. The number of thiazole rings is 1. The number of aromatic nitrogens is 3. The second kappa shape index (κ2) is 5.17. The molecule has 0 aliphatic carbocycles. The van der Waals surface area contributed by atoms with Crippen LogP contribution in [0.3, 0.4) is 0 Å². The Labute approximate surface area is 121 Å². The molecule has 0 aliphatic rings. The summed E-state index contributed by atoms with van der Waals surface area (Å²) in [6.07, 6.45) is 0.753. The molecule has 1 aromatic carbocycles. The summed E-state index contributed by atoms with van der Waals surface area (Å²) in [6, 6.07) is 8.22. The standard InChI is InChI=1S/C15H16N4S/c1-9-12(17-10(2)18-15(9)16-3)8-14-19-11-6-4-5-7-13(11)20-14/h4-7H,8H2,1-3H3,(H,16,17,18). The van der Waals surface area contributed by atoms with Crippen molar-refractivity contribution in [2.75, 3.05) is 12.4 Å². The van der Waals surface area contributed by atoms with Gasteiger partial charge in [-0.2, -0.15) is 0 Å². The van der Waals surface area contributed by atoms with E-state index < -0.39 is 0 Å². The normalized spacial score (nSPS) is 10.9. The molecule has 3 aromatic rings. The van der Waals surface area contributed by atoms with Crippen molar-refractivity contribution in [3.63, 3.8) is 0 Å². The van der Waals surface area contributed by atoms with E-state index in [1.807, 2.05) is 39.1 Å². The number of nitrogens with zero attached hydrogens (tertiary/aromatic N) is 3. The highest BCUT2D eigenvalue weighted by molar-refractivity contribution is 7.18. The Hall–Kier alpha value is -2.01. The zero-order valence-corrected chi connectivity index (χ0v) is 12.6. The summed E-state index contributed by atoms with van der Waals surface area (Å²) in [4.78, 5) is 13.6. The highest BCUT2D eigenvalue weighted by atomic mass is 32.1. The van der Waals surface area contributed by atoms with E-state index in [9.17, 15) is 0 Å². The van der Waals surface area contributed by atoms with Crippen molar-refractivity contribution < 1.29 is 0 Å². The first-order chi connectivity index (χ1) is 9.67. The van der Waals surface area contributed by atoms with Crippen LogP contribution in [-0.2, 0) is 6.42 Å². The third-order valence-electron chi connectivity index (χ3n) is 3.25. The molecule has 1 N–H and O–H groups in total. The Kier molecular flexibility index (Phi) is 3.36. The summed E-state index contributed by atoms with van der Waals surface area (Å²) in [5.74, 6) is 1.68. The largest absolute Gasteiger partial charge is 0.373 e. The summed E-state index contributed by atoms with van der Waals surface area (Å²) in [7, 11) is 1.89. The molecule has 0 radical (unpaired) electrons. The molecule has 102 valence electrons. The number of hydrogen-bond acceptors (Lipinski definition) is 5. The van der Waals surface area contributed by atoms with Crippen molar-refractivity contribution in [3.05, 3.63) is 46.4 Å². The van der Waals surface area contributed by atoms with Gasteiger partial charge >= 0.3 is 0 Å². The van der Waals surface area contributed by atoms with Crippen LogP contribution >= 0.6 is 11.3 Å². The molecule has 4 nitrogen and oxygen atoms in total. The first kappa shape index (κ1) is 13.0. The van der Waals surface area contributed by atoms with Gasteiger partial charge in [-0.3, -0.25) is 0 Å². The molecular weight excluding hydrogens is 268 g/mol. The third kappa shape index (κ3) is 2.36. The fourth-order valence-corrected chi connectivity index (χ4v) is 3.21. The van der Waals surface area contributed by atoms with Gasteiger partial charge in [-0.1, -0.05) is 12.1 Å². The van der Waals surface area contributed by atoms with Crippen molar-refractivity contribution in [1.29, 1.82) is 0 Å². The molecule has 0 saturated carbocycles. The topological polar surface area (TPSA) is 50.7 Å². The second-order valence-corrected chi connectivity index (χ2v) is 5.81. The number of hydrogen-bond donors (Lipinski definition) is 1. The summed E-state index contributed by atoms with van der Waals surface area (Å²) < 4.78 is 1.22. The molecule has 0 bridgehead atoms. The lowest BCUT2D eigenvalue weighted by Crippen LogP contribution is -2.05. The van der Waals surface area contributed by atoms with Crippen LogP contribution in [0.4, 0.5) is 5.82 Å². The maximum atomic E-state index is 4.67. The molecule has 5 heteroatoms. The van der Waals surface area contributed by atoms with Gasteiger partial charge in [0.2, 0.25) is 0 Å². The van der Waals surface area contributed by atoms with E-state index in [0.717, 1.165) is 39.8 Å². The van der Waals surface area contributed by atoms with E-state index in [1.165, 1.54) is 4.70 Å². The van der Waals surface area contributed by atoms with Crippen LogP contribution in [0.2, 0.25) is 0 Å². The number of rotatable bonds is 3. The quantitative estimate of drug-likeness (QED) is 0.801. The number of para-hydroxylation sites is 1. The van der Waals surface area contributed by atoms with Crippen LogP contribution in [0, 0.1) is 13.8 Å². The Bertz CT molecular complexity index is 731. The Balaban J connectivity index is 2.00. The van der Waals surface area contributed by atoms with Gasteiger partial charge in [0.25, 0.3) is 0 Å². The molecule has 0 amide bonds. The van der Waals surface area contributed by atoms with E-state index >= 15 is 0 Å². The van der Waals surface area contributed by atoms with Crippen LogP contribution in [0.15, 0.2) is 24.3 Å². The van der Waals surface area contributed by atoms with Gasteiger partial charge in [0, 0.05) is 19.0 Å². The second-order valence-electron chi connectivity index (χ2n) is 4.69. The van der Waals surface area contributed by atoms with Crippen LogP contribution in [0.25, 0.3) is 10.2 Å². The SMILES string of the molecule is CNc1nc(C)nc(Cc2nc3ccccc3s2)c1C. The van der Waals surface area contributed by atoms with Gasteiger partial charge in [0.15, 0.2) is 0 Å². The predicted molar refractivity (Wildman–Crippen MR) is 83.5 cm³/mol. The molecule has 20 heavy (non-hydrogen) atoms. The van der Waals surface area contributed by atoms with Gasteiger partial charge in [-0.25, -0.2) is 15.0 Å². The molecule has 0 fully saturated rings. The van der Waals surface area contributed by atoms with Gasteiger partial charge in [0.1, 0.15) is 11.6 Å². The van der Waals surface area contributed by atoms with Crippen LogP contribution in [0.5, 0.6) is 0 Å². The highest BCUT2D eigenvalue weighted by Gasteiger charge is 2.11. The van der Waals surface area contributed by atoms with E-state index in [4.69, 9.17) is 0 Å². The lowest BCUT2D eigenvalue weighted by molar-refractivity contribution is 0.942. The molecule has 0 atom stereocenters. The van der Waals surface area contributed by atoms with Crippen molar-refractivity contribution in [2.45, 2.75) is 20.3 Å². The van der Waals surface area contributed by atoms with E-state index in [1.54, 1.807) is 11.3 Å². The van der Waals surface area contributed by atoms with Crippen LogP contribution < -0.4 is 5.32 Å². The first-order valence-electron chi connectivity index (χ1n) is 6.53. The summed E-state index contributed by atoms with van der Waals surface area (Å²) in [5.41, 5.74) is 3.20. The molecule has 2 aromatic heterocycles. The highest BCUT2D eigenvalue weighted by Crippen LogP contribution is 2.25. The number of aryl methyl sites for hydroxylation is 1. The summed E-state index contributed by atoms with van der Waals surface area (Å²) in [5, 5.41) is 4.21. The Morgan fingerprint density at radius 2 is 1.90 bits per heavy atom. The minimum atomic E-state index is 0.753. The van der Waals surface area contributed by atoms with Crippen molar-refractivity contribution in [2.24, 2.45) is 0 Å². The molecular formula is C15H16N4S. The van der Waals surface area contributed by atoms with Crippen molar-refractivity contribution in [1.82, 2.24) is 15.0 Å². The van der Waals surface area contributed by atoms with Crippen molar-refractivity contribution >= 4 is 27.4 Å². The number of anilines is 1. The maximum Gasteiger partial charge on any atom is 0.132 e. The average molecular weight is 284 g/mol. The molecule has 2 heterocycles. The fraction of sp³-hybridized carbons (Fsp3) is 0.267. The molecule has 0 unspecified atom stereocenters. The van der Waals surface area contributed by atoms with Crippen LogP contribution in [0.1, 0.15) is 22.1 Å². The molecule has 0 saturated heterocycles. The lowest BCUT2D eigenvalue weighted by atomic mass is 10.2. The fourth-order valence-electron chi connectivity index (χ4n) is 2.24. The summed E-state index contributed by atoms with van der Waals surface area (Å²) >= 11 is 1.73. The Morgan fingerprint density at radius 3 is 2.65 bits per heavy atom.